The van der Waals surface area contributed by atoms with Crippen LogP contribution in [0.4, 0.5) is 0 Å². The maximum absolute atomic E-state index is 12.5. The fourth-order valence-electron chi connectivity index (χ4n) is 2.63. The maximum Gasteiger partial charge on any atom is 0.309 e. The number of amides is 1. The largest absolute Gasteiger partial charge is 0.479 e. The van der Waals surface area contributed by atoms with Gasteiger partial charge in [-0.2, -0.15) is 0 Å². The first-order valence-electron chi connectivity index (χ1n) is 7.89. The van der Waals surface area contributed by atoms with Gasteiger partial charge in [0.25, 0.3) is 5.91 Å². The molecular formula is C17H22ClNO4. The van der Waals surface area contributed by atoms with Crippen molar-refractivity contribution in [1.82, 2.24) is 4.90 Å². The number of likely N-dealkylation sites (tertiary alicyclic amines) is 1. The molecule has 1 aliphatic rings. The Balaban J connectivity index is 1.87. The molecule has 1 heterocycles. The van der Waals surface area contributed by atoms with Crippen LogP contribution in [-0.4, -0.2) is 42.6 Å². The van der Waals surface area contributed by atoms with E-state index in [9.17, 15) is 9.59 Å². The molecule has 1 aromatic rings. The molecule has 1 fully saturated rings. The number of ether oxygens (including phenoxy) is 2. The average Bonchev–Trinajstić information content (AvgIpc) is 2.56. The zero-order chi connectivity index (χ0) is 16.8. The lowest BCUT2D eigenvalue weighted by atomic mass is 9.97. The highest BCUT2D eigenvalue weighted by atomic mass is 35.5. The standard InChI is InChI=1S/C17H22ClNO4/c1-3-22-17(21)13-8-10-19(11-9-13)16(20)12(2)23-15-7-5-4-6-14(15)18/h4-7,12-13H,3,8-11H2,1-2H3. The minimum Gasteiger partial charge on any atom is -0.479 e. The van der Waals surface area contributed by atoms with Gasteiger partial charge in [-0.05, 0) is 38.8 Å². The molecule has 1 unspecified atom stereocenters. The smallest absolute Gasteiger partial charge is 0.309 e. The highest BCUT2D eigenvalue weighted by Gasteiger charge is 2.30. The molecule has 1 amide bonds. The molecular weight excluding hydrogens is 318 g/mol. The second kappa shape index (κ2) is 8.20. The van der Waals surface area contributed by atoms with Crippen LogP contribution in [0.5, 0.6) is 5.75 Å². The number of carbonyl (C=O) groups is 2. The third-order valence-corrected chi connectivity index (χ3v) is 4.23. The number of hydrogen-bond acceptors (Lipinski definition) is 4. The molecule has 1 atom stereocenters. The van der Waals surface area contributed by atoms with E-state index in [2.05, 4.69) is 0 Å². The van der Waals surface area contributed by atoms with Crippen LogP contribution in [-0.2, 0) is 14.3 Å². The zero-order valence-electron chi connectivity index (χ0n) is 13.5. The molecule has 5 nitrogen and oxygen atoms in total. The molecule has 0 N–H and O–H groups in total. The van der Waals surface area contributed by atoms with Gasteiger partial charge in [0.1, 0.15) is 5.75 Å². The molecule has 1 aliphatic heterocycles. The molecule has 0 saturated carbocycles. The van der Waals surface area contributed by atoms with Gasteiger partial charge < -0.3 is 14.4 Å². The molecule has 0 aliphatic carbocycles. The summed E-state index contributed by atoms with van der Waals surface area (Å²) in [7, 11) is 0. The molecule has 23 heavy (non-hydrogen) atoms. The highest BCUT2D eigenvalue weighted by Crippen LogP contribution is 2.25. The summed E-state index contributed by atoms with van der Waals surface area (Å²) in [5.41, 5.74) is 0. The molecule has 0 spiro atoms. The van der Waals surface area contributed by atoms with Crippen LogP contribution < -0.4 is 4.74 Å². The third-order valence-electron chi connectivity index (χ3n) is 3.91. The summed E-state index contributed by atoms with van der Waals surface area (Å²) < 4.78 is 10.7. The number of para-hydroxylation sites is 1. The minimum atomic E-state index is -0.617. The van der Waals surface area contributed by atoms with Crippen LogP contribution in [0.2, 0.25) is 5.02 Å². The molecule has 0 aromatic heterocycles. The van der Waals surface area contributed by atoms with Crippen LogP contribution in [0.25, 0.3) is 0 Å². The number of hydrogen-bond donors (Lipinski definition) is 0. The first kappa shape index (κ1) is 17.6. The number of carbonyl (C=O) groups excluding carboxylic acids is 2. The van der Waals surface area contributed by atoms with Crippen molar-refractivity contribution >= 4 is 23.5 Å². The van der Waals surface area contributed by atoms with E-state index >= 15 is 0 Å². The van der Waals surface area contributed by atoms with Crippen molar-refractivity contribution in [3.8, 4) is 5.75 Å². The highest BCUT2D eigenvalue weighted by molar-refractivity contribution is 6.32. The zero-order valence-corrected chi connectivity index (χ0v) is 14.2. The number of nitrogens with zero attached hydrogens (tertiary/aromatic N) is 1. The molecule has 6 heteroatoms. The van der Waals surface area contributed by atoms with Gasteiger partial charge >= 0.3 is 5.97 Å². The molecule has 1 aromatic carbocycles. The van der Waals surface area contributed by atoms with E-state index in [4.69, 9.17) is 21.1 Å². The molecule has 2 rings (SSSR count). The summed E-state index contributed by atoms with van der Waals surface area (Å²) in [6.45, 7) is 4.98. The molecule has 0 bridgehead atoms. The van der Waals surface area contributed by atoms with Crippen molar-refractivity contribution in [2.75, 3.05) is 19.7 Å². The van der Waals surface area contributed by atoms with Gasteiger partial charge in [-0.3, -0.25) is 9.59 Å². The predicted molar refractivity (Wildman–Crippen MR) is 87.5 cm³/mol. The number of esters is 1. The van der Waals surface area contributed by atoms with E-state index in [1.54, 1.807) is 30.9 Å². The molecule has 1 saturated heterocycles. The summed E-state index contributed by atoms with van der Waals surface area (Å²) in [6, 6.07) is 7.07. The van der Waals surface area contributed by atoms with Crippen LogP contribution in [0, 0.1) is 5.92 Å². The Kier molecular flexibility index (Phi) is 6.28. The van der Waals surface area contributed by atoms with Gasteiger partial charge in [0.05, 0.1) is 17.5 Å². The second-order valence-electron chi connectivity index (χ2n) is 5.54. The second-order valence-corrected chi connectivity index (χ2v) is 5.95. The van der Waals surface area contributed by atoms with Crippen molar-refractivity contribution < 1.29 is 19.1 Å². The van der Waals surface area contributed by atoms with Gasteiger partial charge in [0.2, 0.25) is 0 Å². The average molecular weight is 340 g/mol. The summed E-state index contributed by atoms with van der Waals surface area (Å²) in [5, 5.41) is 0.480. The number of rotatable bonds is 5. The Hall–Kier alpha value is -1.75. The van der Waals surface area contributed by atoms with E-state index in [0.29, 0.717) is 43.3 Å². The fourth-order valence-corrected chi connectivity index (χ4v) is 2.81. The monoisotopic (exact) mass is 339 g/mol. The van der Waals surface area contributed by atoms with Crippen molar-refractivity contribution in [2.45, 2.75) is 32.8 Å². The Morgan fingerprint density at radius 1 is 1.30 bits per heavy atom. The first-order chi connectivity index (χ1) is 11.0. The SMILES string of the molecule is CCOC(=O)C1CCN(C(=O)C(C)Oc2ccccc2Cl)CC1. The minimum absolute atomic E-state index is 0.0905. The fraction of sp³-hybridized carbons (Fsp3) is 0.529. The van der Waals surface area contributed by atoms with Crippen molar-refractivity contribution in [3.63, 3.8) is 0 Å². The predicted octanol–water partition coefficient (Wildman–Crippen LogP) is 2.91. The first-order valence-corrected chi connectivity index (χ1v) is 8.27. The normalized spacial score (nSPS) is 16.7. The summed E-state index contributed by atoms with van der Waals surface area (Å²) in [5.74, 6) is 0.127. The van der Waals surface area contributed by atoms with Gasteiger partial charge in [-0.25, -0.2) is 0 Å². The summed E-state index contributed by atoms with van der Waals surface area (Å²) in [4.78, 5) is 25.9. The Bertz CT molecular complexity index is 555. The maximum atomic E-state index is 12.5. The van der Waals surface area contributed by atoms with E-state index < -0.39 is 6.10 Å². The van der Waals surface area contributed by atoms with Crippen molar-refractivity contribution in [1.29, 1.82) is 0 Å². The third kappa shape index (κ3) is 4.61. The number of benzene rings is 1. The van der Waals surface area contributed by atoms with Gasteiger partial charge in [0, 0.05) is 13.1 Å². The van der Waals surface area contributed by atoms with E-state index in [1.165, 1.54) is 0 Å². The van der Waals surface area contributed by atoms with E-state index in [-0.39, 0.29) is 17.8 Å². The van der Waals surface area contributed by atoms with Gasteiger partial charge in [-0.15, -0.1) is 0 Å². The Labute approximate surface area is 141 Å². The number of piperidine rings is 1. The molecule has 0 radical (unpaired) electrons. The Morgan fingerprint density at radius 2 is 1.96 bits per heavy atom. The van der Waals surface area contributed by atoms with Gasteiger partial charge in [-0.1, -0.05) is 23.7 Å². The summed E-state index contributed by atoms with van der Waals surface area (Å²) >= 11 is 6.04. The lowest BCUT2D eigenvalue weighted by Gasteiger charge is -2.32. The van der Waals surface area contributed by atoms with E-state index in [0.717, 1.165) is 0 Å². The van der Waals surface area contributed by atoms with E-state index in [1.807, 2.05) is 12.1 Å². The van der Waals surface area contributed by atoms with Crippen LogP contribution in [0.15, 0.2) is 24.3 Å². The number of halogens is 1. The molecule has 126 valence electrons. The summed E-state index contributed by atoms with van der Waals surface area (Å²) in [6.07, 6.45) is 0.640. The van der Waals surface area contributed by atoms with Crippen LogP contribution in [0.3, 0.4) is 0 Å². The topological polar surface area (TPSA) is 55.8 Å². The van der Waals surface area contributed by atoms with Crippen LogP contribution >= 0.6 is 11.6 Å². The van der Waals surface area contributed by atoms with Gasteiger partial charge in [0.15, 0.2) is 6.10 Å². The van der Waals surface area contributed by atoms with Crippen molar-refractivity contribution in [2.24, 2.45) is 5.92 Å². The van der Waals surface area contributed by atoms with Crippen LogP contribution in [0.1, 0.15) is 26.7 Å². The Morgan fingerprint density at radius 3 is 2.57 bits per heavy atom. The lowest BCUT2D eigenvalue weighted by Crippen LogP contribution is -2.46. The lowest BCUT2D eigenvalue weighted by molar-refractivity contribution is -0.152. The quantitative estimate of drug-likeness (QED) is 0.774. The van der Waals surface area contributed by atoms with Crippen molar-refractivity contribution in [3.05, 3.63) is 29.3 Å².